The van der Waals surface area contributed by atoms with E-state index >= 15 is 0 Å². The van der Waals surface area contributed by atoms with Crippen molar-refractivity contribution in [1.82, 2.24) is 0 Å². The van der Waals surface area contributed by atoms with Crippen LogP contribution in [-0.4, -0.2) is 10.7 Å². The smallest absolute Gasteiger partial charge is 0.127 e. The highest BCUT2D eigenvalue weighted by molar-refractivity contribution is 5.52. The van der Waals surface area contributed by atoms with Crippen LogP contribution in [0.15, 0.2) is 23.8 Å². The minimum atomic E-state index is -0.208. The Kier molecular flexibility index (Phi) is 5.66. The molecule has 140 valence electrons. The predicted octanol–water partition coefficient (Wildman–Crippen LogP) is 6.13. The Morgan fingerprint density at radius 1 is 1.23 bits per heavy atom. The molecule has 1 aliphatic heterocycles. The first kappa shape index (κ1) is 18.9. The molecule has 0 amide bonds. The van der Waals surface area contributed by atoms with Crippen LogP contribution in [0.4, 0.5) is 0 Å². The Labute approximate surface area is 158 Å². The highest BCUT2D eigenvalue weighted by Gasteiger charge is 2.45. The van der Waals surface area contributed by atoms with Crippen LogP contribution >= 0.6 is 0 Å². The van der Waals surface area contributed by atoms with Crippen LogP contribution in [0.5, 0.6) is 11.5 Å². The summed E-state index contributed by atoms with van der Waals surface area (Å²) in [6, 6.07) is 4.06. The van der Waals surface area contributed by atoms with Crippen molar-refractivity contribution in [3.63, 3.8) is 0 Å². The van der Waals surface area contributed by atoms with Gasteiger partial charge in [-0.25, -0.2) is 0 Å². The molecular weight excluding hydrogens is 320 g/mol. The number of hydrogen-bond donors (Lipinski definition) is 1. The fourth-order valence-electron chi connectivity index (χ4n) is 4.41. The minimum Gasteiger partial charge on any atom is -0.508 e. The number of hydrogen-bond acceptors (Lipinski definition) is 2. The number of aryl methyl sites for hydroxylation is 1. The molecule has 1 aromatic carbocycles. The predicted molar refractivity (Wildman–Crippen MR) is 108 cm³/mol. The van der Waals surface area contributed by atoms with Gasteiger partial charge < -0.3 is 9.84 Å². The second kappa shape index (κ2) is 7.78. The number of phenolic OH excluding ortho intramolecular Hbond substituents is 1. The Hall–Kier alpha value is -1.88. The standard InChI is InChI=1S/C24H32O2/c1-5-6-7-8-9-10-11-18-15-21(25)23-19-14-17(2)12-13-20(19)24(3,4)26-22(23)16-18/h12,15-16,19-20,25H,5-7,10-11,13-14H2,1-4H3/t19-,20-/m1/s1. The quantitative estimate of drug-likeness (QED) is 0.401. The zero-order valence-corrected chi connectivity index (χ0v) is 16.7. The zero-order chi connectivity index (χ0) is 18.7. The summed E-state index contributed by atoms with van der Waals surface area (Å²) in [5.41, 5.74) is 3.34. The lowest BCUT2D eigenvalue weighted by atomic mass is 9.67. The van der Waals surface area contributed by atoms with Gasteiger partial charge in [0.05, 0.1) is 0 Å². The van der Waals surface area contributed by atoms with Crippen LogP contribution < -0.4 is 4.74 Å². The van der Waals surface area contributed by atoms with Crippen LogP contribution in [0.1, 0.15) is 83.3 Å². The van der Waals surface area contributed by atoms with E-state index in [2.05, 4.69) is 51.7 Å². The molecule has 0 spiro atoms. The van der Waals surface area contributed by atoms with Crippen molar-refractivity contribution in [2.45, 2.75) is 84.2 Å². The number of aromatic hydroxyl groups is 1. The molecule has 1 aliphatic carbocycles. The van der Waals surface area contributed by atoms with Gasteiger partial charge in [-0.3, -0.25) is 0 Å². The van der Waals surface area contributed by atoms with Gasteiger partial charge in [0.25, 0.3) is 0 Å². The molecule has 1 N–H and O–H groups in total. The zero-order valence-electron chi connectivity index (χ0n) is 16.7. The number of phenols is 1. The molecule has 0 aromatic heterocycles. The second-order valence-electron chi connectivity index (χ2n) is 8.39. The number of benzene rings is 1. The summed E-state index contributed by atoms with van der Waals surface area (Å²) in [5.74, 6) is 8.53. The Bertz CT molecular complexity index is 745. The SMILES string of the molecule is CCCCC#CCCc1cc(O)c2c(c1)OC(C)(C)[C@@H]1CC=C(C)C[C@@H]21. The molecule has 26 heavy (non-hydrogen) atoms. The van der Waals surface area contributed by atoms with Crippen LogP contribution in [0.25, 0.3) is 0 Å². The van der Waals surface area contributed by atoms with Gasteiger partial charge in [-0.05, 0) is 64.2 Å². The first-order valence-electron chi connectivity index (χ1n) is 10.1. The lowest BCUT2D eigenvalue weighted by Gasteiger charge is -2.47. The number of allylic oxidation sites excluding steroid dienone is 2. The summed E-state index contributed by atoms with van der Waals surface area (Å²) in [7, 11) is 0. The van der Waals surface area contributed by atoms with Gasteiger partial charge in [0.2, 0.25) is 0 Å². The molecule has 0 unspecified atom stereocenters. The summed E-state index contributed by atoms with van der Waals surface area (Å²) in [4.78, 5) is 0. The molecule has 0 saturated heterocycles. The number of ether oxygens (including phenoxy) is 1. The van der Waals surface area contributed by atoms with E-state index in [0.29, 0.717) is 17.6 Å². The van der Waals surface area contributed by atoms with E-state index in [1.807, 2.05) is 6.07 Å². The monoisotopic (exact) mass is 352 g/mol. The van der Waals surface area contributed by atoms with Crippen LogP contribution in [0.2, 0.25) is 0 Å². The first-order chi connectivity index (χ1) is 12.4. The van der Waals surface area contributed by atoms with E-state index in [9.17, 15) is 5.11 Å². The summed E-state index contributed by atoms with van der Waals surface area (Å²) in [6.45, 7) is 8.75. The fourth-order valence-corrected chi connectivity index (χ4v) is 4.41. The molecule has 2 aliphatic rings. The van der Waals surface area contributed by atoms with Gasteiger partial charge >= 0.3 is 0 Å². The molecule has 2 heteroatoms. The molecule has 1 aromatic rings. The lowest BCUT2D eigenvalue weighted by Crippen LogP contribution is -2.45. The summed E-state index contributed by atoms with van der Waals surface area (Å²) in [6.07, 6.45) is 9.41. The third-order valence-corrected chi connectivity index (χ3v) is 5.88. The maximum Gasteiger partial charge on any atom is 0.127 e. The molecule has 0 fully saturated rings. The van der Waals surface area contributed by atoms with E-state index in [-0.39, 0.29) is 5.60 Å². The Morgan fingerprint density at radius 3 is 2.77 bits per heavy atom. The van der Waals surface area contributed by atoms with Gasteiger partial charge in [-0.2, -0.15) is 0 Å². The van der Waals surface area contributed by atoms with E-state index in [1.54, 1.807) is 0 Å². The van der Waals surface area contributed by atoms with Crippen molar-refractivity contribution in [1.29, 1.82) is 0 Å². The summed E-state index contributed by atoms with van der Waals surface area (Å²) >= 11 is 0. The fraction of sp³-hybridized carbons (Fsp3) is 0.583. The van der Waals surface area contributed by atoms with Gasteiger partial charge in [0.15, 0.2) is 0 Å². The number of fused-ring (bicyclic) bond motifs is 3. The first-order valence-corrected chi connectivity index (χ1v) is 10.1. The molecule has 3 rings (SSSR count). The third kappa shape index (κ3) is 3.93. The second-order valence-corrected chi connectivity index (χ2v) is 8.39. The topological polar surface area (TPSA) is 29.5 Å². The van der Waals surface area contributed by atoms with Crippen molar-refractivity contribution >= 4 is 0 Å². The average Bonchev–Trinajstić information content (AvgIpc) is 2.56. The molecule has 1 heterocycles. The van der Waals surface area contributed by atoms with Crippen LogP contribution in [0.3, 0.4) is 0 Å². The summed E-state index contributed by atoms with van der Waals surface area (Å²) < 4.78 is 6.38. The summed E-state index contributed by atoms with van der Waals surface area (Å²) in [5, 5.41) is 10.8. The van der Waals surface area contributed by atoms with Crippen molar-refractivity contribution in [3.05, 3.63) is 34.9 Å². The van der Waals surface area contributed by atoms with Gasteiger partial charge in [-0.1, -0.05) is 25.0 Å². The highest BCUT2D eigenvalue weighted by Crippen LogP contribution is 2.54. The van der Waals surface area contributed by atoms with Crippen molar-refractivity contribution < 1.29 is 9.84 Å². The maximum atomic E-state index is 10.8. The number of rotatable bonds is 4. The largest absolute Gasteiger partial charge is 0.508 e. The molecule has 0 bridgehead atoms. The van der Waals surface area contributed by atoms with Gasteiger partial charge in [0.1, 0.15) is 17.1 Å². The normalized spacial score (nSPS) is 23.0. The van der Waals surface area contributed by atoms with Gasteiger partial charge in [0, 0.05) is 30.2 Å². The Balaban J connectivity index is 1.81. The van der Waals surface area contributed by atoms with Crippen LogP contribution in [0, 0.1) is 17.8 Å². The van der Waals surface area contributed by atoms with Crippen molar-refractivity contribution in [3.8, 4) is 23.3 Å². The van der Waals surface area contributed by atoms with E-state index in [4.69, 9.17) is 4.74 Å². The van der Waals surface area contributed by atoms with Crippen molar-refractivity contribution in [2.75, 3.05) is 0 Å². The molecular formula is C24H32O2. The lowest BCUT2D eigenvalue weighted by molar-refractivity contribution is 0.00753. The van der Waals surface area contributed by atoms with E-state index < -0.39 is 0 Å². The molecule has 0 radical (unpaired) electrons. The molecule has 2 atom stereocenters. The number of unbranched alkanes of at least 4 members (excludes halogenated alkanes) is 2. The molecule has 0 saturated carbocycles. The van der Waals surface area contributed by atoms with Gasteiger partial charge in [-0.15, -0.1) is 11.8 Å². The molecule has 2 nitrogen and oxygen atoms in total. The third-order valence-electron chi connectivity index (χ3n) is 5.88. The van der Waals surface area contributed by atoms with E-state index in [1.165, 1.54) is 18.4 Å². The van der Waals surface area contributed by atoms with Crippen LogP contribution in [-0.2, 0) is 6.42 Å². The maximum absolute atomic E-state index is 10.8. The average molecular weight is 353 g/mol. The minimum absolute atomic E-state index is 0.208. The highest BCUT2D eigenvalue weighted by atomic mass is 16.5. The van der Waals surface area contributed by atoms with Crippen molar-refractivity contribution in [2.24, 2.45) is 5.92 Å². The Morgan fingerprint density at radius 2 is 2.00 bits per heavy atom. The van der Waals surface area contributed by atoms with E-state index in [0.717, 1.165) is 49.0 Å².